The Bertz CT molecular complexity index is 1250. The van der Waals surface area contributed by atoms with Crippen LogP contribution in [0.3, 0.4) is 0 Å². The third-order valence-electron chi connectivity index (χ3n) is 5.20. The highest BCUT2D eigenvalue weighted by Crippen LogP contribution is 2.25. The van der Waals surface area contributed by atoms with Crippen molar-refractivity contribution in [1.29, 1.82) is 0 Å². The average Bonchev–Trinajstić information content (AvgIpc) is 3.41. The highest BCUT2D eigenvalue weighted by atomic mass is 32.1. The summed E-state index contributed by atoms with van der Waals surface area (Å²) in [4.78, 5) is 30.7. The van der Waals surface area contributed by atoms with Gasteiger partial charge in [0, 0.05) is 22.8 Å². The zero-order valence-electron chi connectivity index (χ0n) is 18.5. The van der Waals surface area contributed by atoms with Crippen molar-refractivity contribution in [3.05, 3.63) is 77.4 Å². The van der Waals surface area contributed by atoms with Crippen molar-refractivity contribution in [2.45, 2.75) is 25.8 Å². The molecule has 33 heavy (non-hydrogen) atoms. The Kier molecular flexibility index (Phi) is 7.04. The van der Waals surface area contributed by atoms with Gasteiger partial charge in [0.15, 0.2) is 4.96 Å². The van der Waals surface area contributed by atoms with Crippen LogP contribution in [0.5, 0.6) is 5.75 Å². The molecule has 0 saturated heterocycles. The van der Waals surface area contributed by atoms with E-state index in [0.717, 1.165) is 27.5 Å². The van der Waals surface area contributed by atoms with Gasteiger partial charge >= 0.3 is 5.97 Å². The quantitative estimate of drug-likeness (QED) is 0.372. The minimum atomic E-state index is -0.525. The first-order valence-electron chi connectivity index (χ1n) is 10.7. The van der Waals surface area contributed by atoms with Crippen molar-refractivity contribution in [3.8, 4) is 17.0 Å². The second kappa shape index (κ2) is 10.3. The van der Waals surface area contributed by atoms with Crippen LogP contribution in [0.1, 0.15) is 30.6 Å². The summed E-state index contributed by atoms with van der Waals surface area (Å²) in [5.74, 6) is 0.0921. The van der Waals surface area contributed by atoms with Crippen molar-refractivity contribution < 1.29 is 19.1 Å². The molecule has 8 heteroatoms. The van der Waals surface area contributed by atoms with Crippen LogP contribution in [0.25, 0.3) is 16.2 Å². The molecule has 1 N–H and O–H groups in total. The molecule has 0 aliphatic carbocycles. The fourth-order valence-electron chi connectivity index (χ4n) is 3.61. The first kappa shape index (κ1) is 22.5. The van der Waals surface area contributed by atoms with E-state index in [9.17, 15) is 9.59 Å². The molecule has 2 heterocycles. The fraction of sp³-hybridized carbons (Fsp3) is 0.240. The first-order valence-corrected chi connectivity index (χ1v) is 11.5. The van der Waals surface area contributed by atoms with Gasteiger partial charge in [0.1, 0.15) is 5.75 Å². The zero-order chi connectivity index (χ0) is 23.2. The van der Waals surface area contributed by atoms with Gasteiger partial charge in [0.25, 0.3) is 0 Å². The Morgan fingerprint density at radius 3 is 2.73 bits per heavy atom. The van der Waals surface area contributed by atoms with E-state index in [2.05, 4.69) is 10.3 Å². The number of nitrogens with zero attached hydrogens (tertiary/aromatic N) is 2. The molecule has 170 valence electrons. The van der Waals surface area contributed by atoms with Crippen LogP contribution < -0.4 is 10.1 Å². The lowest BCUT2D eigenvalue weighted by Crippen LogP contribution is -2.32. The summed E-state index contributed by atoms with van der Waals surface area (Å²) >= 11 is 1.49. The van der Waals surface area contributed by atoms with E-state index < -0.39 is 6.04 Å². The van der Waals surface area contributed by atoms with Crippen LogP contribution in [-0.4, -0.2) is 35.0 Å². The number of thiazole rings is 1. The lowest BCUT2D eigenvalue weighted by atomic mass is 10.0. The number of amides is 1. The SMILES string of the molecule is CCOC(=O)CC(NC(=O)Cc1csc2nc(-c3ccccc3)cn12)c1cccc(OC)c1. The monoisotopic (exact) mass is 463 g/mol. The van der Waals surface area contributed by atoms with Crippen LogP contribution in [0.2, 0.25) is 0 Å². The number of carbonyl (C=O) groups is 2. The van der Waals surface area contributed by atoms with E-state index in [1.54, 1.807) is 14.0 Å². The van der Waals surface area contributed by atoms with Gasteiger partial charge in [-0.15, -0.1) is 11.3 Å². The highest BCUT2D eigenvalue weighted by molar-refractivity contribution is 7.15. The molecule has 0 radical (unpaired) electrons. The Hall–Kier alpha value is -3.65. The lowest BCUT2D eigenvalue weighted by molar-refractivity contribution is -0.143. The fourth-order valence-corrected chi connectivity index (χ4v) is 4.48. The first-order chi connectivity index (χ1) is 16.1. The minimum Gasteiger partial charge on any atom is -0.497 e. The highest BCUT2D eigenvalue weighted by Gasteiger charge is 2.21. The van der Waals surface area contributed by atoms with E-state index in [4.69, 9.17) is 9.47 Å². The third-order valence-corrected chi connectivity index (χ3v) is 6.09. The molecule has 2 aromatic carbocycles. The maximum Gasteiger partial charge on any atom is 0.308 e. The molecule has 0 saturated carbocycles. The molecule has 0 aliphatic rings. The number of imidazole rings is 1. The van der Waals surface area contributed by atoms with Gasteiger partial charge in [-0.1, -0.05) is 42.5 Å². The summed E-state index contributed by atoms with van der Waals surface area (Å²) in [5, 5.41) is 4.92. The molecule has 1 atom stereocenters. The van der Waals surface area contributed by atoms with Crippen molar-refractivity contribution in [1.82, 2.24) is 14.7 Å². The molecule has 0 spiro atoms. The molecule has 7 nitrogen and oxygen atoms in total. The standard InChI is InChI=1S/C25H25N3O4S/c1-3-32-24(30)14-21(18-10-7-11-20(12-18)31-2)26-23(29)13-19-16-33-25-27-22(15-28(19)25)17-8-5-4-6-9-17/h4-12,15-16,21H,3,13-14H2,1-2H3,(H,26,29). The number of esters is 1. The number of aromatic nitrogens is 2. The van der Waals surface area contributed by atoms with E-state index in [1.165, 1.54) is 11.3 Å². The maximum atomic E-state index is 13.0. The van der Waals surface area contributed by atoms with Crippen LogP contribution in [0, 0.1) is 0 Å². The van der Waals surface area contributed by atoms with Crippen molar-refractivity contribution in [2.24, 2.45) is 0 Å². The van der Waals surface area contributed by atoms with Crippen LogP contribution in [0.4, 0.5) is 0 Å². The van der Waals surface area contributed by atoms with E-state index >= 15 is 0 Å². The predicted molar refractivity (Wildman–Crippen MR) is 127 cm³/mol. The summed E-state index contributed by atoms with van der Waals surface area (Å²) in [6, 6.07) is 16.7. The Morgan fingerprint density at radius 1 is 1.15 bits per heavy atom. The summed E-state index contributed by atoms with van der Waals surface area (Å²) in [6.07, 6.45) is 2.14. The molecule has 4 rings (SSSR count). The predicted octanol–water partition coefficient (Wildman–Crippen LogP) is 4.42. The van der Waals surface area contributed by atoms with Gasteiger partial charge in [0.2, 0.25) is 5.91 Å². The number of hydrogen-bond donors (Lipinski definition) is 1. The number of benzene rings is 2. The number of carbonyl (C=O) groups excluding carboxylic acids is 2. The van der Waals surface area contributed by atoms with Crippen molar-refractivity contribution in [3.63, 3.8) is 0 Å². The summed E-state index contributed by atoms with van der Waals surface area (Å²) in [7, 11) is 1.58. The second-order valence-corrected chi connectivity index (χ2v) is 8.29. The number of methoxy groups -OCH3 is 1. The smallest absolute Gasteiger partial charge is 0.308 e. The van der Waals surface area contributed by atoms with Gasteiger partial charge in [-0.2, -0.15) is 0 Å². The maximum absolute atomic E-state index is 13.0. The van der Waals surface area contributed by atoms with Gasteiger partial charge < -0.3 is 14.8 Å². The van der Waals surface area contributed by atoms with Crippen molar-refractivity contribution in [2.75, 3.05) is 13.7 Å². The summed E-state index contributed by atoms with van der Waals surface area (Å²) in [5.41, 5.74) is 3.50. The number of nitrogens with one attached hydrogen (secondary N) is 1. The molecule has 2 aromatic heterocycles. The van der Waals surface area contributed by atoms with Gasteiger partial charge in [-0.3, -0.25) is 14.0 Å². The van der Waals surface area contributed by atoms with Crippen molar-refractivity contribution >= 4 is 28.2 Å². The van der Waals surface area contributed by atoms with Gasteiger partial charge in [0.05, 0.1) is 38.3 Å². The topological polar surface area (TPSA) is 81.9 Å². The zero-order valence-corrected chi connectivity index (χ0v) is 19.3. The number of ether oxygens (including phenoxy) is 2. The summed E-state index contributed by atoms with van der Waals surface area (Å²) < 4.78 is 12.3. The van der Waals surface area contributed by atoms with E-state index in [1.807, 2.05) is 70.6 Å². The molecular weight excluding hydrogens is 438 g/mol. The van der Waals surface area contributed by atoms with Crippen LogP contribution in [-0.2, 0) is 20.7 Å². The second-order valence-electron chi connectivity index (χ2n) is 7.45. The summed E-state index contributed by atoms with van der Waals surface area (Å²) in [6.45, 7) is 2.04. The van der Waals surface area contributed by atoms with E-state index in [0.29, 0.717) is 5.75 Å². The number of rotatable bonds is 9. The Balaban J connectivity index is 1.52. The largest absolute Gasteiger partial charge is 0.497 e. The van der Waals surface area contributed by atoms with E-state index in [-0.39, 0.29) is 31.3 Å². The molecule has 1 unspecified atom stereocenters. The van der Waals surface area contributed by atoms with Gasteiger partial charge in [-0.25, -0.2) is 4.98 Å². The molecule has 0 aliphatic heterocycles. The lowest BCUT2D eigenvalue weighted by Gasteiger charge is -2.19. The Labute approximate surface area is 196 Å². The number of hydrogen-bond acceptors (Lipinski definition) is 6. The van der Waals surface area contributed by atoms with Crippen LogP contribution >= 0.6 is 11.3 Å². The molecule has 0 fully saturated rings. The Morgan fingerprint density at radius 2 is 1.97 bits per heavy atom. The van der Waals surface area contributed by atoms with Crippen LogP contribution in [0.15, 0.2) is 66.2 Å². The molecular formula is C25H25N3O4S. The molecule has 4 aromatic rings. The minimum absolute atomic E-state index is 0.0367. The third kappa shape index (κ3) is 5.40. The number of fused-ring (bicyclic) bond motifs is 1. The molecule has 1 amide bonds. The average molecular weight is 464 g/mol. The normalized spacial score (nSPS) is 11.8. The van der Waals surface area contributed by atoms with Gasteiger partial charge in [-0.05, 0) is 24.6 Å². The molecule has 0 bridgehead atoms.